The molecule has 1 aliphatic heterocycles. The minimum absolute atomic E-state index is 0.0638. The molecule has 0 amide bonds. The van der Waals surface area contributed by atoms with Gasteiger partial charge in [-0.3, -0.25) is 0 Å². The molecule has 9 heteroatoms. The third-order valence-electron chi connectivity index (χ3n) is 5.51. The van der Waals surface area contributed by atoms with Crippen molar-refractivity contribution in [1.82, 2.24) is 9.55 Å². The minimum Gasteiger partial charge on any atom is -0.483 e. The molecule has 4 rings (SSSR count). The summed E-state index contributed by atoms with van der Waals surface area (Å²) in [7, 11) is 3.73. The van der Waals surface area contributed by atoms with E-state index < -0.39 is 11.9 Å². The number of aryl methyl sites for hydroxylation is 2. The highest BCUT2D eigenvalue weighted by Gasteiger charge is 2.27. The number of nitrogens with zero attached hydrogens (tertiary/aromatic N) is 2. The number of methoxy groups -OCH3 is 1. The molecule has 176 valence electrons. The highest BCUT2D eigenvalue weighted by molar-refractivity contribution is 6.27. The van der Waals surface area contributed by atoms with Crippen molar-refractivity contribution >= 4 is 23.0 Å². The Kier molecular flexibility index (Phi) is 8.02. The van der Waals surface area contributed by atoms with Gasteiger partial charge in [0.05, 0.1) is 25.3 Å². The summed E-state index contributed by atoms with van der Waals surface area (Å²) in [5.74, 6) is -1.75. The van der Waals surface area contributed by atoms with Gasteiger partial charge in [0.2, 0.25) is 0 Å². The van der Waals surface area contributed by atoms with E-state index in [1.165, 1.54) is 16.7 Å². The molecule has 0 saturated heterocycles. The Labute approximate surface area is 191 Å². The number of hydrogen-bond donors (Lipinski definition) is 2. The van der Waals surface area contributed by atoms with Crippen LogP contribution in [0.2, 0.25) is 0 Å². The zero-order valence-corrected chi connectivity index (χ0v) is 18.9. The third-order valence-corrected chi connectivity index (χ3v) is 5.51. The third kappa shape index (κ3) is 5.68. The fraction of sp³-hybridized carbons (Fsp3) is 0.375. The van der Waals surface area contributed by atoms with Crippen LogP contribution in [0.5, 0.6) is 5.75 Å². The number of imidazole rings is 1. The molecule has 33 heavy (non-hydrogen) atoms. The quantitative estimate of drug-likeness (QED) is 0.428. The van der Waals surface area contributed by atoms with E-state index in [0.717, 1.165) is 35.4 Å². The first-order chi connectivity index (χ1) is 15.8. The Bertz CT molecular complexity index is 1110. The molecule has 1 atom stereocenters. The summed E-state index contributed by atoms with van der Waals surface area (Å²) in [6.07, 6.45) is 1.98. The van der Waals surface area contributed by atoms with Gasteiger partial charge in [-0.15, -0.1) is 0 Å². The lowest BCUT2D eigenvalue weighted by atomic mass is 9.93. The van der Waals surface area contributed by atoms with Crippen LogP contribution in [0.4, 0.5) is 0 Å². The number of carboxylic acid groups (broad SMARTS) is 2. The molecule has 1 unspecified atom stereocenters. The molecule has 0 saturated carbocycles. The Morgan fingerprint density at radius 1 is 1.18 bits per heavy atom. The van der Waals surface area contributed by atoms with Crippen LogP contribution in [0.3, 0.4) is 0 Å². The maximum Gasteiger partial charge on any atom is 0.414 e. The molecule has 9 nitrogen and oxygen atoms in total. The fourth-order valence-corrected chi connectivity index (χ4v) is 3.73. The normalized spacial score (nSPS) is 14.7. The van der Waals surface area contributed by atoms with E-state index >= 15 is 0 Å². The number of aromatic nitrogens is 2. The lowest BCUT2D eigenvalue weighted by Gasteiger charge is -2.28. The second-order valence-corrected chi connectivity index (χ2v) is 7.64. The van der Waals surface area contributed by atoms with Gasteiger partial charge in [0.15, 0.2) is 5.75 Å². The highest BCUT2D eigenvalue weighted by Crippen LogP contribution is 2.41. The van der Waals surface area contributed by atoms with Crippen LogP contribution in [0, 0.1) is 6.92 Å². The first-order valence-electron chi connectivity index (χ1n) is 10.6. The van der Waals surface area contributed by atoms with Crippen molar-refractivity contribution in [1.29, 1.82) is 0 Å². The number of carboxylic acids is 2. The van der Waals surface area contributed by atoms with Gasteiger partial charge >= 0.3 is 11.9 Å². The zero-order valence-electron chi connectivity index (χ0n) is 18.9. The number of fused-ring (bicyclic) bond motifs is 3. The largest absolute Gasteiger partial charge is 0.483 e. The van der Waals surface area contributed by atoms with Crippen LogP contribution in [0.1, 0.15) is 35.0 Å². The number of benzene rings is 2. The van der Waals surface area contributed by atoms with E-state index in [1.807, 2.05) is 20.0 Å². The molecule has 0 spiro atoms. The van der Waals surface area contributed by atoms with Gasteiger partial charge in [0, 0.05) is 19.7 Å². The molecular formula is C24H28N2O7. The van der Waals surface area contributed by atoms with Crippen LogP contribution in [-0.4, -0.2) is 52.0 Å². The van der Waals surface area contributed by atoms with E-state index in [2.05, 4.69) is 34.9 Å². The Hall–Kier alpha value is -3.43. The van der Waals surface area contributed by atoms with Crippen LogP contribution in [0.25, 0.3) is 11.0 Å². The molecule has 1 aromatic heterocycles. The van der Waals surface area contributed by atoms with Gasteiger partial charge in [-0.2, -0.15) is 0 Å². The minimum atomic E-state index is -1.82. The molecule has 0 aliphatic carbocycles. The Morgan fingerprint density at radius 2 is 1.88 bits per heavy atom. The van der Waals surface area contributed by atoms with Crippen LogP contribution < -0.4 is 4.74 Å². The highest BCUT2D eigenvalue weighted by atomic mass is 16.5. The van der Waals surface area contributed by atoms with Crippen molar-refractivity contribution in [3.63, 3.8) is 0 Å². The smallest absolute Gasteiger partial charge is 0.414 e. The molecule has 1 aliphatic rings. The zero-order chi connectivity index (χ0) is 24.0. The van der Waals surface area contributed by atoms with E-state index in [-0.39, 0.29) is 6.10 Å². The molecule has 2 heterocycles. The van der Waals surface area contributed by atoms with Crippen molar-refractivity contribution in [3.8, 4) is 5.75 Å². The van der Waals surface area contributed by atoms with Gasteiger partial charge in [0.25, 0.3) is 0 Å². The van der Waals surface area contributed by atoms with Crippen molar-refractivity contribution in [2.24, 2.45) is 7.05 Å². The van der Waals surface area contributed by atoms with Gasteiger partial charge in [-0.1, -0.05) is 30.3 Å². The number of ether oxygens (including phenoxy) is 3. The number of carbonyl (C=O) groups is 2. The second-order valence-electron chi connectivity index (χ2n) is 7.64. The van der Waals surface area contributed by atoms with E-state index in [0.29, 0.717) is 19.8 Å². The summed E-state index contributed by atoms with van der Waals surface area (Å²) in [5.41, 5.74) is 5.66. The summed E-state index contributed by atoms with van der Waals surface area (Å²) >= 11 is 0. The van der Waals surface area contributed by atoms with Gasteiger partial charge < -0.3 is 29.0 Å². The van der Waals surface area contributed by atoms with Gasteiger partial charge in [-0.25, -0.2) is 14.6 Å². The van der Waals surface area contributed by atoms with Crippen molar-refractivity contribution in [3.05, 3.63) is 58.9 Å². The van der Waals surface area contributed by atoms with E-state index in [4.69, 9.17) is 39.0 Å². The number of rotatable bonds is 6. The molecule has 0 fully saturated rings. The lowest BCUT2D eigenvalue weighted by molar-refractivity contribution is -0.159. The van der Waals surface area contributed by atoms with E-state index in [9.17, 15) is 0 Å². The topological polar surface area (TPSA) is 120 Å². The number of hydrogen-bond acceptors (Lipinski definition) is 6. The van der Waals surface area contributed by atoms with Crippen molar-refractivity contribution in [2.75, 3.05) is 20.3 Å². The standard InChI is InChI=1S/C22H26N2O3.C2H2O4/c1-15-23-21-19(24(15)2)13-17(14-26-12-11-25-3)18-9-10-20(27-22(18)21)16-7-5-4-6-8-16;3-1(4)2(5)6/h4-8,13,20H,9-12,14H2,1-3H3;(H,3,4)(H,5,6). The summed E-state index contributed by atoms with van der Waals surface area (Å²) < 4.78 is 19.5. The molecular weight excluding hydrogens is 428 g/mol. The van der Waals surface area contributed by atoms with Crippen LogP contribution in [0.15, 0.2) is 36.4 Å². The summed E-state index contributed by atoms with van der Waals surface area (Å²) in [6.45, 7) is 3.77. The predicted octanol–water partition coefficient (Wildman–Crippen LogP) is 3.27. The van der Waals surface area contributed by atoms with Gasteiger partial charge in [0.1, 0.15) is 17.4 Å². The average molecular weight is 456 g/mol. The first kappa shape index (κ1) is 24.2. The molecule has 0 radical (unpaired) electrons. The van der Waals surface area contributed by atoms with Crippen LogP contribution in [-0.2, 0) is 39.1 Å². The average Bonchev–Trinajstić information content (AvgIpc) is 3.11. The molecule has 2 N–H and O–H groups in total. The summed E-state index contributed by atoms with van der Waals surface area (Å²) in [4.78, 5) is 23.0. The maximum absolute atomic E-state index is 9.10. The molecule has 2 aromatic carbocycles. The Balaban J connectivity index is 0.000000454. The lowest BCUT2D eigenvalue weighted by Crippen LogP contribution is -2.17. The summed E-state index contributed by atoms with van der Waals surface area (Å²) in [5, 5.41) is 14.8. The van der Waals surface area contributed by atoms with Crippen molar-refractivity contribution in [2.45, 2.75) is 32.5 Å². The first-order valence-corrected chi connectivity index (χ1v) is 10.6. The SMILES string of the molecule is COCCOCc1cc2c(nc(C)n2C)c2c1CCC(c1ccccc1)O2.O=C(O)C(=O)O. The molecule has 0 bridgehead atoms. The van der Waals surface area contributed by atoms with Crippen molar-refractivity contribution < 1.29 is 34.0 Å². The molecule has 3 aromatic rings. The van der Waals surface area contributed by atoms with E-state index in [1.54, 1.807) is 7.11 Å². The predicted molar refractivity (Wildman–Crippen MR) is 120 cm³/mol. The Morgan fingerprint density at radius 3 is 2.52 bits per heavy atom. The van der Waals surface area contributed by atoms with Crippen LogP contribution >= 0.6 is 0 Å². The monoisotopic (exact) mass is 456 g/mol. The second kappa shape index (κ2) is 10.9. The fourth-order valence-electron chi connectivity index (χ4n) is 3.73. The maximum atomic E-state index is 9.10. The van der Waals surface area contributed by atoms with Gasteiger partial charge in [-0.05, 0) is 37.0 Å². The number of aliphatic carboxylic acids is 2. The summed E-state index contributed by atoms with van der Waals surface area (Å²) in [6, 6.07) is 12.6.